The lowest BCUT2D eigenvalue weighted by molar-refractivity contribution is -0.123. The van der Waals surface area contributed by atoms with Gasteiger partial charge in [-0.3, -0.25) is 14.5 Å². The first-order valence-electron chi connectivity index (χ1n) is 8.85. The monoisotopic (exact) mass is 343 g/mol. The average molecular weight is 343 g/mol. The maximum Gasteiger partial charge on any atom is 0.238 e. The first-order valence-corrected chi connectivity index (χ1v) is 8.85. The van der Waals surface area contributed by atoms with Gasteiger partial charge in [-0.05, 0) is 54.7 Å². The van der Waals surface area contributed by atoms with Gasteiger partial charge in [0.05, 0.1) is 28.9 Å². The predicted octanol–water partition coefficient (Wildman–Crippen LogP) is 4.41. The van der Waals surface area contributed by atoms with Crippen molar-refractivity contribution in [2.75, 3.05) is 4.90 Å². The van der Waals surface area contributed by atoms with Gasteiger partial charge in [0, 0.05) is 0 Å². The Morgan fingerprint density at radius 1 is 0.731 bits per heavy atom. The molecule has 0 aromatic heterocycles. The van der Waals surface area contributed by atoms with Crippen molar-refractivity contribution in [1.29, 1.82) is 0 Å². The van der Waals surface area contributed by atoms with Crippen molar-refractivity contribution in [3.63, 3.8) is 0 Å². The van der Waals surface area contributed by atoms with Gasteiger partial charge in [0.25, 0.3) is 0 Å². The van der Waals surface area contributed by atoms with Crippen molar-refractivity contribution in [2.45, 2.75) is 6.42 Å². The second-order valence-electron chi connectivity index (χ2n) is 7.06. The fraction of sp³-hybridized carbons (Fsp3) is 0.238. The van der Waals surface area contributed by atoms with Crippen molar-refractivity contribution in [3.8, 4) is 0 Å². The molecule has 5 rings (SSSR count). The molecule has 1 aliphatic heterocycles. The number of anilines is 1. The molecule has 0 spiro atoms. The number of carbonyl (C=O) groups excluding carboxylic acids is 2. The molecule has 0 unspecified atom stereocenters. The third kappa shape index (κ3) is 2.24. The van der Waals surface area contributed by atoms with E-state index in [1.807, 2.05) is 30.3 Å². The summed E-state index contributed by atoms with van der Waals surface area (Å²) in [6.07, 6.45) is 5.15. The molecule has 1 heterocycles. The van der Waals surface area contributed by atoms with Crippen LogP contribution < -0.4 is 4.90 Å². The highest BCUT2D eigenvalue weighted by Gasteiger charge is 2.59. The molecular weight excluding hydrogens is 326 g/mol. The number of rotatable bonds is 3. The normalized spacial score (nSPS) is 29.2. The Morgan fingerprint density at radius 2 is 1.27 bits per heavy atom. The summed E-state index contributed by atoms with van der Waals surface area (Å²) >= 11 is 0. The number of hydrogen-bond donors (Lipinski definition) is 0. The van der Waals surface area contributed by atoms with E-state index in [1.165, 1.54) is 4.90 Å². The largest absolute Gasteiger partial charge is 0.274 e. The van der Waals surface area contributed by atoms with Gasteiger partial charge in [-0.2, -0.15) is 10.2 Å². The molecule has 2 bridgehead atoms. The van der Waals surface area contributed by atoms with E-state index in [-0.39, 0.29) is 35.5 Å². The van der Waals surface area contributed by atoms with E-state index in [0.29, 0.717) is 11.4 Å². The quantitative estimate of drug-likeness (QED) is 0.471. The minimum atomic E-state index is -0.171. The van der Waals surface area contributed by atoms with Crippen LogP contribution in [0, 0.1) is 23.7 Å². The van der Waals surface area contributed by atoms with Crippen LogP contribution in [0.2, 0.25) is 0 Å². The maximum absolute atomic E-state index is 12.8. The summed E-state index contributed by atoms with van der Waals surface area (Å²) in [5, 5.41) is 8.38. The van der Waals surface area contributed by atoms with E-state index in [0.717, 1.165) is 12.1 Å². The Balaban J connectivity index is 1.38. The van der Waals surface area contributed by atoms with Crippen LogP contribution in [0.4, 0.5) is 17.1 Å². The Kier molecular flexibility index (Phi) is 3.35. The summed E-state index contributed by atoms with van der Waals surface area (Å²) in [7, 11) is 0. The number of azo groups is 1. The average Bonchev–Trinajstić information content (AvgIpc) is 3.35. The third-order valence-corrected chi connectivity index (χ3v) is 5.62. The summed E-state index contributed by atoms with van der Waals surface area (Å²) in [6.45, 7) is 0. The van der Waals surface area contributed by atoms with Gasteiger partial charge in [0.1, 0.15) is 0 Å². The highest BCUT2D eigenvalue weighted by atomic mass is 16.2. The van der Waals surface area contributed by atoms with E-state index in [1.54, 1.807) is 24.3 Å². The fourth-order valence-electron chi connectivity index (χ4n) is 4.44. The number of imide groups is 1. The number of hydrogen-bond acceptors (Lipinski definition) is 4. The van der Waals surface area contributed by atoms with Gasteiger partial charge in [-0.15, -0.1) is 0 Å². The lowest BCUT2D eigenvalue weighted by Crippen LogP contribution is -2.32. The van der Waals surface area contributed by atoms with Crippen LogP contribution in [0.5, 0.6) is 0 Å². The van der Waals surface area contributed by atoms with E-state index >= 15 is 0 Å². The van der Waals surface area contributed by atoms with Crippen molar-refractivity contribution < 1.29 is 9.59 Å². The van der Waals surface area contributed by atoms with Crippen molar-refractivity contribution in [2.24, 2.45) is 33.9 Å². The van der Waals surface area contributed by atoms with Gasteiger partial charge in [0.15, 0.2) is 0 Å². The van der Waals surface area contributed by atoms with Crippen LogP contribution in [0.25, 0.3) is 0 Å². The van der Waals surface area contributed by atoms with Crippen LogP contribution >= 0.6 is 0 Å². The summed E-state index contributed by atoms with van der Waals surface area (Å²) in [5.41, 5.74) is 2.07. The minimum Gasteiger partial charge on any atom is -0.274 e. The molecule has 2 amide bonds. The zero-order valence-electron chi connectivity index (χ0n) is 14.0. The molecule has 0 radical (unpaired) electrons. The second kappa shape index (κ2) is 5.73. The number of carbonyl (C=O) groups is 2. The molecule has 1 saturated carbocycles. The molecule has 5 nitrogen and oxygen atoms in total. The molecular formula is C21H17N3O2. The molecule has 128 valence electrons. The zero-order chi connectivity index (χ0) is 17.7. The van der Waals surface area contributed by atoms with Gasteiger partial charge in [0.2, 0.25) is 11.8 Å². The van der Waals surface area contributed by atoms with Crippen molar-refractivity contribution >= 4 is 28.9 Å². The summed E-state index contributed by atoms with van der Waals surface area (Å²) in [5.74, 6) is -0.00768. The fourth-order valence-corrected chi connectivity index (χ4v) is 4.44. The van der Waals surface area contributed by atoms with E-state index < -0.39 is 0 Å². The van der Waals surface area contributed by atoms with Gasteiger partial charge < -0.3 is 0 Å². The van der Waals surface area contributed by atoms with Crippen LogP contribution in [0.1, 0.15) is 6.42 Å². The molecule has 2 aromatic carbocycles. The Labute approximate surface area is 151 Å². The van der Waals surface area contributed by atoms with E-state index in [4.69, 9.17) is 0 Å². The molecule has 2 aromatic rings. The number of allylic oxidation sites excluding steroid dienone is 2. The van der Waals surface area contributed by atoms with Crippen LogP contribution in [0.3, 0.4) is 0 Å². The van der Waals surface area contributed by atoms with Gasteiger partial charge in [-0.25, -0.2) is 0 Å². The minimum absolute atomic E-state index is 0.0597. The number of benzene rings is 2. The zero-order valence-corrected chi connectivity index (χ0v) is 14.0. The second-order valence-corrected chi connectivity index (χ2v) is 7.06. The summed E-state index contributed by atoms with van der Waals surface area (Å²) in [6, 6.07) is 16.6. The maximum atomic E-state index is 12.8. The standard InChI is InChI=1S/C21H17N3O2/c25-20-18-13-6-7-14(12-13)19(18)21(26)24(20)17-10-8-16(9-11-17)23-22-15-4-2-1-3-5-15/h1-11,13-14,18-19H,12H2/t13-,14-,18-,19-/m0/s1. The topological polar surface area (TPSA) is 62.1 Å². The lowest BCUT2D eigenvalue weighted by atomic mass is 9.85. The molecule has 2 fully saturated rings. The Hall–Kier alpha value is -3.08. The lowest BCUT2D eigenvalue weighted by Gasteiger charge is -2.17. The van der Waals surface area contributed by atoms with E-state index in [9.17, 15) is 9.59 Å². The Morgan fingerprint density at radius 3 is 1.85 bits per heavy atom. The Bertz CT molecular complexity index is 903. The molecule has 26 heavy (non-hydrogen) atoms. The summed E-state index contributed by atoms with van der Waals surface area (Å²) < 4.78 is 0. The van der Waals surface area contributed by atoms with Crippen LogP contribution in [-0.2, 0) is 9.59 Å². The molecule has 5 heteroatoms. The molecule has 3 aliphatic rings. The number of amides is 2. The SMILES string of the molecule is O=C1[C@@H]2[C@@H](C(=O)N1c1ccc(N=Nc3ccccc3)cc1)[C@H]1C=C[C@H]2C1. The molecule has 4 atom stereocenters. The van der Waals surface area contributed by atoms with Crippen LogP contribution in [0.15, 0.2) is 77.0 Å². The first-order chi connectivity index (χ1) is 12.7. The van der Waals surface area contributed by atoms with E-state index in [2.05, 4.69) is 22.4 Å². The molecule has 2 aliphatic carbocycles. The predicted molar refractivity (Wildman–Crippen MR) is 97.3 cm³/mol. The van der Waals surface area contributed by atoms with Crippen LogP contribution in [-0.4, -0.2) is 11.8 Å². The first kappa shape index (κ1) is 15.2. The van der Waals surface area contributed by atoms with Crippen molar-refractivity contribution in [3.05, 3.63) is 66.7 Å². The highest BCUT2D eigenvalue weighted by molar-refractivity contribution is 6.22. The smallest absolute Gasteiger partial charge is 0.238 e. The van der Waals surface area contributed by atoms with Gasteiger partial charge >= 0.3 is 0 Å². The van der Waals surface area contributed by atoms with Gasteiger partial charge in [-0.1, -0.05) is 30.4 Å². The molecule has 0 N–H and O–H groups in total. The number of nitrogens with zero attached hydrogens (tertiary/aromatic N) is 3. The van der Waals surface area contributed by atoms with Crippen molar-refractivity contribution in [1.82, 2.24) is 0 Å². The third-order valence-electron chi connectivity index (χ3n) is 5.62. The number of fused-ring (bicyclic) bond motifs is 5. The summed E-state index contributed by atoms with van der Waals surface area (Å²) in [4.78, 5) is 27.0. The molecule has 1 saturated heterocycles. The highest BCUT2D eigenvalue weighted by Crippen LogP contribution is 2.53.